The zero-order valence-electron chi connectivity index (χ0n) is 14.0. The summed E-state index contributed by atoms with van der Waals surface area (Å²) in [5.41, 5.74) is 3.36. The Morgan fingerprint density at radius 2 is 2.00 bits per heavy atom. The van der Waals surface area contributed by atoms with Crippen molar-refractivity contribution in [2.75, 3.05) is 13.2 Å². The molecule has 3 nitrogen and oxygen atoms in total. The molecular weight excluding hydrogens is 274 g/mol. The summed E-state index contributed by atoms with van der Waals surface area (Å²) in [6.07, 6.45) is 3.85. The van der Waals surface area contributed by atoms with Crippen molar-refractivity contribution in [3.8, 4) is 0 Å². The van der Waals surface area contributed by atoms with Gasteiger partial charge in [0.15, 0.2) is 0 Å². The zero-order chi connectivity index (χ0) is 15.9. The van der Waals surface area contributed by atoms with Crippen molar-refractivity contribution in [1.82, 2.24) is 4.90 Å². The van der Waals surface area contributed by atoms with E-state index < -0.39 is 0 Å². The van der Waals surface area contributed by atoms with Crippen LogP contribution in [0.2, 0.25) is 0 Å². The molecule has 22 heavy (non-hydrogen) atoms. The maximum Gasteiger partial charge on any atom is 0.335 e. The van der Waals surface area contributed by atoms with Gasteiger partial charge in [-0.25, -0.2) is 4.79 Å². The van der Waals surface area contributed by atoms with E-state index in [0.717, 1.165) is 37.8 Å². The third-order valence-electron chi connectivity index (χ3n) is 4.28. The fraction of sp³-hybridized carbons (Fsp3) is 0.526. The van der Waals surface area contributed by atoms with Crippen LogP contribution in [0.25, 0.3) is 0 Å². The third kappa shape index (κ3) is 3.70. The van der Waals surface area contributed by atoms with Gasteiger partial charge < -0.3 is 9.64 Å². The highest BCUT2D eigenvalue weighted by Gasteiger charge is 2.28. The van der Waals surface area contributed by atoms with Gasteiger partial charge in [0.25, 0.3) is 0 Å². The normalized spacial score (nSPS) is 18.2. The number of likely N-dealkylation sites (tertiary alicyclic amines) is 1. The predicted molar refractivity (Wildman–Crippen MR) is 89.4 cm³/mol. The molecule has 1 aliphatic heterocycles. The number of carbonyl (C=O) groups excluding carboxylic acids is 1. The van der Waals surface area contributed by atoms with Gasteiger partial charge in [-0.1, -0.05) is 43.7 Å². The number of hydrogen-bond donors (Lipinski definition) is 0. The van der Waals surface area contributed by atoms with Gasteiger partial charge in [0.05, 0.1) is 18.2 Å². The first-order valence-electron chi connectivity index (χ1n) is 8.39. The molecule has 0 N–H and O–H groups in total. The lowest BCUT2D eigenvalue weighted by atomic mass is 10.0. The van der Waals surface area contributed by atoms with Gasteiger partial charge in [-0.05, 0) is 38.7 Å². The molecule has 2 rings (SSSR count). The van der Waals surface area contributed by atoms with Gasteiger partial charge in [-0.2, -0.15) is 0 Å². The molecular formula is C19H27NO2. The standard InChI is InChI=1S/C19H27NO2/c1-4-10-17(19(21)22-5-2)18-13-9-14-20(18)15(3)16-11-7-6-8-12-16/h6-8,11-12,15H,4-5,9-10,13-14H2,1-3H3/b18-17-/t15-/m0/s1. The predicted octanol–water partition coefficient (Wildman–Crippen LogP) is 4.46. The Bertz CT molecular complexity index is 521. The molecule has 1 heterocycles. The summed E-state index contributed by atoms with van der Waals surface area (Å²) in [5, 5.41) is 0. The highest BCUT2D eigenvalue weighted by atomic mass is 16.5. The number of esters is 1. The smallest absolute Gasteiger partial charge is 0.335 e. The lowest BCUT2D eigenvalue weighted by molar-refractivity contribution is -0.138. The van der Waals surface area contributed by atoms with Crippen LogP contribution in [0.5, 0.6) is 0 Å². The molecule has 0 unspecified atom stereocenters. The SMILES string of the molecule is CCC/C(C(=O)OCC)=C1\CCCN1[C@@H](C)c1ccccc1. The van der Waals surface area contributed by atoms with E-state index in [1.807, 2.05) is 13.0 Å². The minimum atomic E-state index is -0.133. The average molecular weight is 301 g/mol. The fourth-order valence-corrected chi connectivity index (χ4v) is 3.19. The first kappa shape index (κ1) is 16.6. The summed E-state index contributed by atoms with van der Waals surface area (Å²) < 4.78 is 5.28. The van der Waals surface area contributed by atoms with E-state index in [4.69, 9.17) is 4.74 Å². The lowest BCUT2D eigenvalue weighted by Crippen LogP contribution is -2.25. The molecule has 3 heteroatoms. The Morgan fingerprint density at radius 1 is 1.27 bits per heavy atom. The van der Waals surface area contributed by atoms with E-state index in [1.54, 1.807) is 0 Å². The van der Waals surface area contributed by atoms with Crippen LogP contribution in [0.1, 0.15) is 58.1 Å². The second kappa shape index (κ2) is 8.02. The van der Waals surface area contributed by atoms with Crippen molar-refractivity contribution < 1.29 is 9.53 Å². The fourth-order valence-electron chi connectivity index (χ4n) is 3.19. The minimum absolute atomic E-state index is 0.133. The van der Waals surface area contributed by atoms with Crippen LogP contribution in [0, 0.1) is 0 Å². The molecule has 1 atom stereocenters. The summed E-state index contributed by atoms with van der Waals surface area (Å²) in [4.78, 5) is 14.7. The summed E-state index contributed by atoms with van der Waals surface area (Å²) in [5.74, 6) is -0.133. The molecule has 1 saturated heterocycles. The van der Waals surface area contributed by atoms with Crippen molar-refractivity contribution in [3.63, 3.8) is 0 Å². The Balaban J connectivity index is 2.30. The quantitative estimate of drug-likeness (QED) is 0.574. The summed E-state index contributed by atoms with van der Waals surface area (Å²) in [6, 6.07) is 10.8. The van der Waals surface area contributed by atoms with Gasteiger partial charge in [-0.3, -0.25) is 0 Å². The molecule has 0 amide bonds. The summed E-state index contributed by atoms with van der Waals surface area (Å²) in [7, 11) is 0. The summed E-state index contributed by atoms with van der Waals surface area (Å²) in [6.45, 7) is 7.64. The number of carbonyl (C=O) groups is 1. The molecule has 0 spiro atoms. The van der Waals surface area contributed by atoms with Crippen LogP contribution in [0.3, 0.4) is 0 Å². The Labute approximate surface area is 134 Å². The number of hydrogen-bond acceptors (Lipinski definition) is 3. The van der Waals surface area contributed by atoms with Crippen LogP contribution in [0.4, 0.5) is 0 Å². The first-order valence-corrected chi connectivity index (χ1v) is 8.39. The Kier molecular flexibility index (Phi) is 6.05. The van der Waals surface area contributed by atoms with Gasteiger partial charge in [0, 0.05) is 12.2 Å². The minimum Gasteiger partial charge on any atom is -0.463 e. The van der Waals surface area contributed by atoms with E-state index in [9.17, 15) is 4.79 Å². The molecule has 0 bridgehead atoms. The van der Waals surface area contributed by atoms with Gasteiger partial charge >= 0.3 is 5.97 Å². The van der Waals surface area contributed by atoms with Crippen molar-refractivity contribution in [1.29, 1.82) is 0 Å². The first-order chi connectivity index (χ1) is 10.7. The maximum absolute atomic E-state index is 12.3. The Hall–Kier alpha value is -1.77. The molecule has 1 fully saturated rings. The number of nitrogens with zero attached hydrogens (tertiary/aromatic N) is 1. The van der Waals surface area contributed by atoms with Crippen molar-refractivity contribution in [2.45, 2.75) is 52.5 Å². The molecule has 1 aliphatic rings. The largest absolute Gasteiger partial charge is 0.463 e. The highest BCUT2D eigenvalue weighted by molar-refractivity contribution is 5.89. The molecule has 120 valence electrons. The van der Waals surface area contributed by atoms with E-state index >= 15 is 0 Å². The number of rotatable bonds is 6. The van der Waals surface area contributed by atoms with Gasteiger partial charge in [0.1, 0.15) is 0 Å². The molecule has 0 saturated carbocycles. The monoisotopic (exact) mass is 301 g/mol. The third-order valence-corrected chi connectivity index (χ3v) is 4.28. The molecule has 0 radical (unpaired) electrons. The van der Waals surface area contributed by atoms with Crippen LogP contribution in [0.15, 0.2) is 41.6 Å². The van der Waals surface area contributed by atoms with Gasteiger partial charge in [0.2, 0.25) is 0 Å². The number of benzene rings is 1. The van der Waals surface area contributed by atoms with Gasteiger partial charge in [-0.15, -0.1) is 0 Å². The zero-order valence-corrected chi connectivity index (χ0v) is 14.0. The highest BCUT2D eigenvalue weighted by Crippen LogP contribution is 2.34. The number of allylic oxidation sites excluding steroid dienone is 1. The molecule has 1 aromatic carbocycles. The van der Waals surface area contributed by atoms with Crippen LogP contribution in [-0.4, -0.2) is 24.0 Å². The van der Waals surface area contributed by atoms with E-state index in [1.165, 1.54) is 11.3 Å². The second-order valence-electron chi connectivity index (χ2n) is 5.78. The van der Waals surface area contributed by atoms with E-state index in [0.29, 0.717) is 12.6 Å². The van der Waals surface area contributed by atoms with Crippen LogP contribution in [-0.2, 0) is 9.53 Å². The molecule has 0 aliphatic carbocycles. The van der Waals surface area contributed by atoms with Crippen molar-refractivity contribution >= 4 is 5.97 Å². The van der Waals surface area contributed by atoms with E-state index in [2.05, 4.69) is 43.0 Å². The van der Waals surface area contributed by atoms with Crippen LogP contribution < -0.4 is 0 Å². The Morgan fingerprint density at radius 3 is 2.64 bits per heavy atom. The van der Waals surface area contributed by atoms with Crippen molar-refractivity contribution in [2.24, 2.45) is 0 Å². The van der Waals surface area contributed by atoms with E-state index in [-0.39, 0.29) is 5.97 Å². The molecule has 1 aromatic rings. The van der Waals surface area contributed by atoms with Crippen molar-refractivity contribution in [3.05, 3.63) is 47.2 Å². The molecule has 0 aromatic heterocycles. The summed E-state index contributed by atoms with van der Waals surface area (Å²) >= 11 is 0. The van der Waals surface area contributed by atoms with Crippen LogP contribution >= 0.6 is 0 Å². The average Bonchev–Trinajstić information content (AvgIpc) is 3.02. The lowest BCUT2D eigenvalue weighted by Gasteiger charge is -2.30. The second-order valence-corrected chi connectivity index (χ2v) is 5.78. The number of ether oxygens (including phenoxy) is 1. The topological polar surface area (TPSA) is 29.5 Å². The maximum atomic E-state index is 12.3.